The largest absolute Gasteiger partial charge is 0.333 e. The number of likely N-dealkylation sites (tertiary alicyclic amines) is 1. The van der Waals surface area contributed by atoms with Gasteiger partial charge >= 0.3 is 6.03 Å². The van der Waals surface area contributed by atoms with Gasteiger partial charge in [-0.2, -0.15) is 5.01 Å². The molecule has 192 valence electrons. The smallest absolute Gasteiger partial charge is 0.332 e. The standard InChI is InChI=1S/C29H33N5O3/c1-20-8-6-11-22(14-20)17-32-19-29-24-13-7-12-23(15-24)26(27(32)36)34(29)25(35)18-33(29)31(2)28(37)30-16-21-9-4-3-5-10-21/h3-12,14,23-24,26H,13,15-19H2,1-2H3,(H,30,37)/t23?,24?,26-,29-/m0/s1. The molecule has 3 fully saturated rings. The maximum Gasteiger partial charge on any atom is 0.332 e. The summed E-state index contributed by atoms with van der Waals surface area (Å²) in [6.07, 6.45) is 5.93. The number of carbonyl (C=O) groups excluding carboxylic acids is 3. The number of hydrogen-bond donors (Lipinski definition) is 1. The van der Waals surface area contributed by atoms with E-state index in [1.807, 2.05) is 70.3 Å². The fourth-order valence-electron chi connectivity index (χ4n) is 6.86. The molecule has 4 atom stereocenters. The maximum absolute atomic E-state index is 13.9. The second-order valence-corrected chi connectivity index (χ2v) is 10.8. The first-order chi connectivity index (χ1) is 17.9. The van der Waals surface area contributed by atoms with Gasteiger partial charge in [0, 0.05) is 32.0 Å². The van der Waals surface area contributed by atoms with Gasteiger partial charge in [0.1, 0.15) is 18.2 Å². The molecule has 1 N–H and O–H groups in total. The fourth-order valence-corrected chi connectivity index (χ4v) is 6.86. The minimum atomic E-state index is -0.750. The third-order valence-electron chi connectivity index (χ3n) is 8.50. The van der Waals surface area contributed by atoms with Crippen LogP contribution in [0, 0.1) is 18.8 Å². The quantitative estimate of drug-likeness (QED) is 0.642. The zero-order valence-electron chi connectivity index (χ0n) is 21.3. The van der Waals surface area contributed by atoms with Gasteiger partial charge in [0.25, 0.3) is 0 Å². The molecular formula is C29H33N5O3. The van der Waals surface area contributed by atoms with E-state index >= 15 is 0 Å². The number of allylic oxidation sites excluding steroid dienone is 1. The number of hydrogen-bond acceptors (Lipinski definition) is 4. The third kappa shape index (κ3) is 3.82. The van der Waals surface area contributed by atoms with E-state index in [0.717, 1.165) is 29.5 Å². The van der Waals surface area contributed by atoms with Crippen LogP contribution in [-0.4, -0.2) is 69.5 Å². The molecule has 0 aromatic heterocycles. The summed E-state index contributed by atoms with van der Waals surface area (Å²) >= 11 is 0. The summed E-state index contributed by atoms with van der Waals surface area (Å²) in [5, 5.41) is 6.49. The Balaban J connectivity index is 1.33. The molecule has 3 aliphatic heterocycles. The first-order valence-electron chi connectivity index (χ1n) is 13.0. The summed E-state index contributed by atoms with van der Waals surface area (Å²) < 4.78 is 0. The van der Waals surface area contributed by atoms with Gasteiger partial charge in [-0.05, 0) is 30.9 Å². The number of amides is 4. The zero-order chi connectivity index (χ0) is 25.7. The number of fused-ring (bicyclic) bond motifs is 3. The average Bonchev–Trinajstić information content (AvgIpc) is 3.21. The van der Waals surface area contributed by atoms with Crippen LogP contribution in [0.5, 0.6) is 0 Å². The van der Waals surface area contributed by atoms with E-state index in [9.17, 15) is 14.4 Å². The van der Waals surface area contributed by atoms with Crippen LogP contribution in [-0.2, 0) is 22.7 Å². The number of carbonyl (C=O) groups is 3. The Bertz CT molecular complexity index is 1260. The Labute approximate surface area is 217 Å². The molecule has 0 spiro atoms. The highest BCUT2D eigenvalue weighted by Crippen LogP contribution is 2.52. The normalized spacial score (nSPS) is 28.3. The van der Waals surface area contributed by atoms with Crippen molar-refractivity contribution in [2.45, 2.75) is 44.6 Å². The van der Waals surface area contributed by atoms with Gasteiger partial charge in [0.05, 0.1) is 6.54 Å². The maximum atomic E-state index is 13.9. The molecule has 4 aliphatic rings. The lowest BCUT2D eigenvalue weighted by molar-refractivity contribution is -0.209. The lowest BCUT2D eigenvalue weighted by Gasteiger charge is -2.62. The molecule has 3 saturated heterocycles. The molecule has 1 aliphatic carbocycles. The SMILES string of the molecule is Cc1cccc(CN2C[C@@]34C5CC=CC(C5)[C@@H](C2=O)N3C(=O)CN4N(C)C(=O)NCc2ccccc2)c1. The Hall–Kier alpha value is -3.65. The van der Waals surface area contributed by atoms with E-state index in [-0.39, 0.29) is 36.2 Å². The Kier molecular flexibility index (Phi) is 5.79. The van der Waals surface area contributed by atoms with Crippen molar-refractivity contribution in [3.63, 3.8) is 0 Å². The molecule has 2 aromatic carbocycles. The average molecular weight is 500 g/mol. The predicted molar refractivity (Wildman–Crippen MR) is 138 cm³/mol. The summed E-state index contributed by atoms with van der Waals surface area (Å²) in [5.41, 5.74) is 2.47. The number of nitrogens with zero attached hydrogens (tertiary/aromatic N) is 4. The van der Waals surface area contributed by atoms with Crippen molar-refractivity contribution in [3.05, 3.63) is 83.4 Å². The zero-order valence-corrected chi connectivity index (χ0v) is 21.3. The van der Waals surface area contributed by atoms with Crippen LogP contribution >= 0.6 is 0 Å². The van der Waals surface area contributed by atoms with E-state index in [1.54, 1.807) is 12.1 Å². The molecule has 0 saturated carbocycles. The van der Waals surface area contributed by atoms with Crippen molar-refractivity contribution >= 4 is 17.8 Å². The first kappa shape index (κ1) is 23.7. The molecule has 4 bridgehead atoms. The number of aryl methyl sites for hydroxylation is 1. The molecular weight excluding hydrogens is 466 g/mol. The summed E-state index contributed by atoms with van der Waals surface area (Å²) in [4.78, 5) is 44.5. The van der Waals surface area contributed by atoms with Gasteiger partial charge in [-0.3, -0.25) is 14.6 Å². The van der Waals surface area contributed by atoms with Crippen molar-refractivity contribution < 1.29 is 14.4 Å². The number of piperazine rings is 1. The highest BCUT2D eigenvalue weighted by molar-refractivity contribution is 5.93. The fraction of sp³-hybridized carbons (Fsp3) is 0.414. The monoisotopic (exact) mass is 499 g/mol. The number of rotatable bonds is 5. The molecule has 6 rings (SSSR count). The number of piperidine rings is 1. The van der Waals surface area contributed by atoms with Gasteiger partial charge < -0.3 is 15.1 Å². The summed E-state index contributed by atoms with van der Waals surface area (Å²) in [6, 6.07) is 17.2. The van der Waals surface area contributed by atoms with E-state index in [4.69, 9.17) is 0 Å². The first-order valence-corrected chi connectivity index (χ1v) is 13.0. The summed E-state index contributed by atoms with van der Waals surface area (Å²) in [7, 11) is 1.73. The Morgan fingerprint density at radius 3 is 2.68 bits per heavy atom. The van der Waals surface area contributed by atoms with Crippen molar-refractivity contribution in [1.29, 1.82) is 0 Å². The van der Waals surface area contributed by atoms with Crippen LogP contribution in [0.4, 0.5) is 4.79 Å². The molecule has 2 aromatic rings. The summed E-state index contributed by atoms with van der Waals surface area (Å²) in [5.74, 6) is 0.0447. The Morgan fingerprint density at radius 2 is 1.89 bits per heavy atom. The lowest BCUT2D eigenvalue weighted by Crippen LogP contribution is -2.79. The van der Waals surface area contributed by atoms with Gasteiger partial charge in [-0.15, -0.1) is 0 Å². The molecule has 8 nitrogen and oxygen atoms in total. The highest BCUT2D eigenvalue weighted by Gasteiger charge is 2.68. The van der Waals surface area contributed by atoms with Crippen molar-refractivity contribution in [3.8, 4) is 0 Å². The van der Waals surface area contributed by atoms with Crippen molar-refractivity contribution in [1.82, 2.24) is 25.1 Å². The van der Waals surface area contributed by atoms with Crippen LogP contribution in [0.1, 0.15) is 29.5 Å². The lowest BCUT2D eigenvalue weighted by atomic mass is 9.68. The minimum Gasteiger partial charge on any atom is -0.333 e. The second-order valence-electron chi connectivity index (χ2n) is 10.8. The number of urea groups is 1. The molecule has 3 heterocycles. The van der Waals surface area contributed by atoms with Crippen molar-refractivity contribution in [2.75, 3.05) is 20.1 Å². The van der Waals surface area contributed by atoms with Crippen LogP contribution in [0.15, 0.2) is 66.7 Å². The summed E-state index contributed by atoms with van der Waals surface area (Å²) in [6.45, 7) is 3.40. The second kappa shape index (κ2) is 9.03. The number of hydrazine groups is 1. The van der Waals surface area contributed by atoms with Crippen LogP contribution < -0.4 is 5.32 Å². The van der Waals surface area contributed by atoms with Gasteiger partial charge in [0.2, 0.25) is 11.8 Å². The molecule has 4 amide bonds. The molecule has 2 unspecified atom stereocenters. The van der Waals surface area contributed by atoms with Gasteiger partial charge in [-0.25, -0.2) is 4.79 Å². The predicted octanol–water partition coefficient (Wildman–Crippen LogP) is 2.90. The molecule has 0 radical (unpaired) electrons. The highest BCUT2D eigenvalue weighted by atomic mass is 16.2. The third-order valence-corrected chi connectivity index (χ3v) is 8.50. The number of benzene rings is 2. The number of nitrogens with one attached hydrogen (secondary N) is 1. The molecule has 8 heteroatoms. The minimum absolute atomic E-state index is 0.000739. The van der Waals surface area contributed by atoms with E-state index < -0.39 is 11.7 Å². The van der Waals surface area contributed by atoms with E-state index in [2.05, 4.69) is 23.5 Å². The van der Waals surface area contributed by atoms with E-state index in [0.29, 0.717) is 19.6 Å². The van der Waals surface area contributed by atoms with Crippen LogP contribution in [0.3, 0.4) is 0 Å². The topological polar surface area (TPSA) is 76.2 Å². The molecule has 37 heavy (non-hydrogen) atoms. The van der Waals surface area contributed by atoms with Gasteiger partial charge in [-0.1, -0.05) is 72.3 Å². The van der Waals surface area contributed by atoms with Crippen LogP contribution in [0.2, 0.25) is 0 Å². The van der Waals surface area contributed by atoms with Gasteiger partial charge in [0.15, 0.2) is 0 Å². The Morgan fingerprint density at radius 1 is 1.11 bits per heavy atom. The van der Waals surface area contributed by atoms with Crippen molar-refractivity contribution in [2.24, 2.45) is 11.8 Å². The van der Waals surface area contributed by atoms with Crippen LogP contribution in [0.25, 0.3) is 0 Å². The van der Waals surface area contributed by atoms with E-state index in [1.165, 1.54) is 0 Å².